The molecule has 4 nitrogen and oxygen atoms in total. The molecule has 1 N–H and O–H groups in total. The minimum Gasteiger partial charge on any atom is -0.458 e. The van der Waals surface area contributed by atoms with Gasteiger partial charge in [0.1, 0.15) is 6.10 Å². The number of ether oxygens (including phenoxy) is 1. The van der Waals surface area contributed by atoms with Gasteiger partial charge >= 0.3 is 12.1 Å². The van der Waals surface area contributed by atoms with Crippen LogP contribution >= 0.6 is 0 Å². The average molecular weight is 486 g/mol. The number of rotatable bonds is 2. The molecular formula is C28H30F3NO3. The SMILES string of the molecule is C=C1[C@H]2C[C@H]3C4N5C[C@]6(C)CCC[C@]47[C@H]([C@H]2OC(=O)c2cccc(C(F)(F)F)c2)C3(CC5[C@H]67)[C@@H]1O. The number of carbonyl (C=O) groups excluding carboxylic acids is 1. The number of esters is 1. The molecule has 7 heteroatoms. The van der Waals surface area contributed by atoms with Gasteiger partial charge in [0.2, 0.25) is 0 Å². The Balaban J connectivity index is 1.23. The van der Waals surface area contributed by atoms with Crippen molar-refractivity contribution in [2.75, 3.05) is 6.54 Å². The molecule has 186 valence electrons. The molecule has 9 bridgehead atoms. The van der Waals surface area contributed by atoms with E-state index in [0.29, 0.717) is 23.9 Å². The maximum Gasteiger partial charge on any atom is 0.416 e. The fourth-order valence-electron chi connectivity index (χ4n) is 11.6. The predicted octanol–water partition coefficient (Wildman–Crippen LogP) is 4.68. The number of hydrogen-bond acceptors (Lipinski definition) is 4. The third kappa shape index (κ3) is 2.09. The van der Waals surface area contributed by atoms with E-state index >= 15 is 0 Å². The van der Waals surface area contributed by atoms with E-state index in [1.807, 2.05) is 0 Å². The second-order valence-corrected chi connectivity index (χ2v) is 13.0. The van der Waals surface area contributed by atoms with Crippen molar-refractivity contribution in [1.82, 2.24) is 4.90 Å². The van der Waals surface area contributed by atoms with Gasteiger partial charge in [0.15, 0.2) is 0 Å². The van der Waals surface area contributed by atoms with Gasteiger partial charge in [-0.1, -0.05) is 26.0 Å². The molecule has 0 amide bonds. The van der Waals surface area contributed by atoms with Gasteiger partial charge < -0.3 is 9.84 Å². The minimum atomic E-state index is -4.52. The molecule has 6 aliphatic carbocycles. The van der Waals surface area contributed by atoms with Gasteiger partial charge in [-0.05, 0) is 72.1 Å². The number of nitrogens with zero attached hydrogens (tertiary/aromatic N) is 1. The van der Waals surface area contributed by atoms with Crippen molar-refractivity contribution in [3.05, 3.63) is 47.5 Å². The first-order valence-electron chi connectivity index (χ1n) is 13.0. The first-order valence-corrected chi connectivity index (χ1v) is 13.0. The highest BCUT2D eigenvalue weighted by Crippen LogP contribution is 2.87. The number of alkyl halides is 3. The summed E-state index contributed by atoms with van der Waals surface area (Å²) in [7, 11) is 0. The molecule has 9 fully saturated rings. The highest BCUT2D eigenvalue weighted by atomic mass is 19.4. The third-order valence-electron chi connectivity index (χ3n) is 12.0. The topological polar surface area (TPSA) is 49.8 Å². The Morgan fingerprint density at radius 2 is 2.03 bits per heavy atom. The van der Waals surface area contributed by atoms with Gasteiger partial charge in [-0.2, -0.15) is 13.2 Å². The second kappa shape index (κ2) is 5.99. The molecule has 9 aliphatic rings. The molecule has 35 heavy (non-hydrogen) atoms. The lowest BCUT2D eigenvalue weighted by atomic mass is 9.39. The number of carbonyl (C=O) groups is 1. The van der Waals surface area contributed by atoms with Crippen LogP contribution in [0.15, 0.2) is 36.4 Å². The van der Waals surface area contributed by atoms with Crippen LogP contribution < -0.4 is 0 Å². The van der Waals surface area contributed by atoms with Gasteiger partial charge in [-0.3, -0.25) is 4.90 Å². The number of hydrogen-bond donors (Lipinski definition) is 1. The summed E-state index contributed by atoms with van der Waals surface area (Å²) in [6, 6.07) is 5.44. The van der Waals surface area contributed by atoms with Crippen molar-refractivity contribution in [3.8, 4) is 0 Å². The number of piperidine rings is 2. The number of halogens is 3. The Labute approximate surface area is 202 Å². The van der Waals surface area contributed by atoms with E-state index in [0.717, 1.165) is 49.9 Å². The quantitative estimate of drug-likeness (QED) is 0.488. The molecule has 10 rings (SSSR count). The molecular weight excluding hydrogens is 455 g/mol. The molecule has 6 saturated carbocycles. The van der Waals surface area contributed by atoms with Crippen LogP contribution in [0.25, 0.3) is 0 Å². The molecule has 4 unspecified atom stereocenters. The third-order valence-corrected chi connectivity index (χ3v) is 12.0. The van der Waals surface area contributed by atoms with Crippen molar-refractivity contribution >= 4 is 5.97 Å². The smallest absolute Gasteiger partial charge is 0.416 e. The summed E-state index contributed by atoms with van der Waals surface area (Å²) in [6.07, 6.45) is -0.296. The molecule has 2 spiro atoms. The highest BCUT2D eigenvalue weighted by molar-refractivity contribution is 5.89. The Bertz CT molecular complexity index is 1200. The Hall–Kier alpha value is -1.86. The molecule has 12 atom stereocenters. The van der Waals surface area contributed by atoms with Crippen molar-refractivity contribution < 1.29 is 27.8 Å². The molecule has 1 aromatic carbocycles. The molecule has 0 radical (unpaired) electrons. The van der Waals surface area contributed by atoms with Crippen LogP contribution in [0.3, 0.4) is 0 Å². The van der Waals surface area contributed by atoms with E-state index in [2.05, 4.69) is 18.4 Å². The Morgan fingerprint density at radius 1 is 1.23 bits per heavy atom. The first kappa shape index (κ1) is 21.2. The fraction of sp³-hybridized carbons (Fsp3) is 0.679. The molecule has 3 aliphatic heterocycles. The van der Waals surface area contributed by atoms with Gasteiger partial charge in [0.25, 0.3) is 0 Å². The number of aliphatic hydroxyl groups excluding tert-OH is 1. The molecule has 0 aromatic heterocycles. The minimum absolute atomic E-state index is 0.0219. The van der Waals surface area contributed by atoms with Crippen molar-refractivity contribution in [3.63, 3.8) is 0 Å². The zero-order valence-electron chi connectivity index (χ0n) is 19.7. The summed E-state index contributed by atoms with van der Waals surface area (Å²) in [5.74, 6) is 0.142. The molecule has 3 saturated heterocycles. The lowest BCUT2D eigenvalue weighted by molar-refractivity contribution is -0.213. The van der Waals surface area contributed by atoms with E-state index in [-0.39, 0.29) is 33.6 Å². The van der Waals surface area contributed by atoms with E-state index in [1.54, 1.807) is 0 Å². The molecule has 1 aromatic rings. The monoisotopic (exact) mass is 485 g/mol. The fourth-order valence-corrected chi connectivity index (χ4v) is 11.6. The first-order chi connectivity index (χ1) is 16.5. The van der Waals surface area contributed by atoms with Crippen LogP contribution in [0.2, 0.25) is 0 Å². The van der Waals surface area contributed by atoms with Crippen molar-refractivity contribution in [1.29, 1.82) is 0 Å². The van der Waals surface area contributed by atoms with Gasteiger partial charge in [0, 0.05) is 35.9 Å². The largest absolute Gasteiger partial charge is 0.458 e. The number of aliphatic hydroxyl groups is 1. The summed E-state index contributed by atoms with van der Waals surface area (Å²) in [5, 5.41) is 11.7. The van der Waals surface area contributed by atoms with Crippen LogP contribution in [0, 0.1) is 39.9 Å². The van der Waals surface area contributed by atoms with Crippen LogP contribution in [-0.2, 0) is 10.9 Å². The van der Waals surface area contributed by atoms with Gasteiger partial charge in [0.05, 0.1) is 17.2 Å². The summed E-state index contributed by atoms with van der Waals surface area (Å²) in [6.45, 7) is 7.83. The van der Waals surface area contributed by atoms with Crippen molar-refractivity contribution in [2.24, 2.45) is 39.9 Å². The standard InChI is InChI=1S/C28H30F3NO3/c1-13-16-10-17-22-26-8-4-7-25(2)12-32(22)18(20(25)26)11-27(17,23(13)33)21(26)19(16)35-24(34)14-5-3-6-15(9-14)28(29,30)31/h3,5-6,9,16-23,33H,1,4,7-8,10-12H2,2H3/t16-,17+,18?,19+,20-,21+,22?,23-,25+,26+,27?/m1/s1. The van der Waals surface area contributed by atoms with Gasteiger partial charge in [-0.15, -0.1) is 0 Å². The maximum atomic E-state index is 13.3. The zero-order chi connectivity index (χ0) is 24.3. The zero-order valence-corrected chi connectivity index (χ0v) is 19.7. The molecule has 3 heterocycles. The normalized spacial score (nSPS) is 54.0. The van der Waals surface area contributed by atoms with Crippen LogP contribution in [0.4, 0.5) is 13.2 Å². The summed E-state index contributed by atoms with van der Waals surface area (Å²) in [5.41, 5.74) is -0.191. The van der Waals surface area contributed by atoms with Crippen LogP contribution in [-0.4, -0.2) is 46.8 Å². The Kier molecular flexibility index (Phi) is 3.64. The lowest BCUT2D eigenvalue weighted by Gasteiger charge is -2.66. The highest BCUT2D eigenvalue weighted by Gasteiger charge is 2.90. The maximum absolute atomic E-state index is 13.3. The summed E-state index contributed by atoms with van der Waals surface area (Å²) < 4.78 is 46.1. The lowest BCUT2D eigenvalue weighted by Crippen LogP contribution is -2.69. The van der Waals surface area contributed by atoms with Crippen LogP contribution in [0.1, 0.15) is 54.9 Å². The van der Waals surface area contributed by atoms with Gasteiger partial charge in [-0.25, -0.2) is 4.79 Å². The van der Waals surface area contributed by atoms with E-state index in [4.69, 9.17) is 4.74 Å². The summed E-state index contributed by atoms with van der Waals surface area (Å²) >= 11 is 0. The predicted molar refractivity (Wildman–Crippen MR) is 120 cm³/mol. The number of benzene rings is 1. The van der Waals surface area contributed by atoms with E-state index in [1.165, 1.54) is 18.6 Å². The summed E-state index contributed by atoms with van der Waals surface area (Å²) in [4.78, 5) is 16.1. The second-order valence-electron chi connectivity index (χ2n) is 13.0. The van der Waals surface area contributed by atoms with E-state index < -0.39 is 29.9 Å². The van der Waals surface area contributed by atoms with Crippen LogP contribution in [0.5, 0.6) is 0 Å². The van der Waals surface area contributed by atoms with E-state index in [9.17, 15) is 23.1 Å². The number of fused-ring (bicyclic) bond motifs is 1. The Morgan fingerprint density at radius 3 is 2.80 bits per heavy atom. The average Bonchev–Trinajstić information content (AvgIpc) is 3.24. The van der Waals surface area contributed by atoms with Crippen molar-refractivity contribution in [2.45, 2.75) is 69.5 Å².